The number of anilines is 1. The molecule has 0 saturated carbocycles. The second-order valence-corrected chi connectivity index (χ2v) is 5.49. The molecule has 0 radical (unpaired) electrons. The van der Waals surface area contributed by atoms with Gasteiger partial charge in [-0.05, 0) is 44.2 Å². The Morgan fingerprint density at radius 1 is 1.08 bits per heavy atom. The van der Waals surface area contributed by atoms with Crippen molar-refractivity contribution in [2.24, 2.45) is 10.7 Å². The first-order valence-corrected chi connectivity index (χ1v) is 7.54. The van der Waals surface area contributed by atoms with Crippen LogP contribution in [0.25, 0.3) is 0 Å². The van der Waals surface area contributed by atoms with E-state index in [9.17, 15) is 13.2 Å². The largest absolute Gasteiger partial charge is 0.573 e. The zero-order valence-corrected chi connectivity index (χ0v) is 14.2. The Morgan fingerprint density at radius 2 is 1.77 bits per heavy atom. The van der Waals surface area contributed by atoms with Crippen LogP contribution in [-0.2, 0) is 0 Å². The number of nitrogens with two attached hydrogens (primary N) is 2. The molecule has 2 aromatic rings. The van der Waals surface area contributed by atoms with Crippen molar-refractivity contribution in [2.75, 3.05) is 5.73 Å². The van der Waals surface area contributed by atoms with Crippen LogP contribution in [0.2, 0.25) is 0 Å². The minimum absolute atomic E-state index is 0.150. The molecule has 5 nitrogen and oxygen atoms in total. The highest BCUT2D eigenvalue weighted by Crippen LogP contribution is 2.35. The van der Waals surface area contributed by atoms with Crippen LogP contribution in [0.5, 0.6) is 17.2 Å². The van der Waals surface area contributed by atoms with E-state index in [-0.39, 0.29) is 17.2 Å². The second kappa shape index (κ2) is 7.81. The third-order valence-corrected chi connectivity index (χ3v) is 2.98. The van der Waals surface area contributed by atoms with Crippen LogP contribution >= 0.6 is 0 Å². The van der Waals surface area contributed by atoms with E-state index >= 15 is 0 Å². The number of nitrogens with zero attached hydrogens (tertiary/aromatic N) is 1. The summed E-state index contributed by atoms with van der Waals surface area (Å²) in [5, 5.41) is 0. The molecular weight excluding hydrogens is 347 g/mol. The molecule has 26 heavy (non-hydrogen) atoms. The lowest BCUT2D eigenvalue weighted by Crippen LogP contribution is -2.17. The highest BCUT2D eigenvalue weighted by atomic mass is 19.4. The number of nitrogen functional groups attached to an aromatic ring is 1. The number of alkyl halides is 3. The summed E-state index contributed by atoms with van der Waals surface area (Å²) in [6.45, 7) is 3.49. The van der Waals surface area contributed by atoms with E-state index in [1.54, 1.807) is 32.1 Å². The summed E-state index contributed by atoms with van der Waals surface area (Å²) in [6.07, 6.45) is -3.10. The predicted octanol–water partition coefficient (Wildman–Crippen LogP) is 4.91. The van der Waals surface area contributed by atoms with Crippen LogP contribution in [0.4, 0.5) is 24.5 Å². The van der Waals surface area contributed by atoms with Crippen molar-refractivity contribution in [1.82, 2.24) is 0 Å². The SMILES string of the molecule is CC(/C=C(/C)N)=Nc1ccc(N)cc1Oc1cccc(OC(F)(F)F)c1. The van der Waals surface area contributed by atoms with Gasteiger partial charge in [-0.3, -0.25) is 0 Å². The second-order valence-electron chi connectivity index (χ2n) is 5.49. The van der Waals surface area contributed by atoms with E-state index in [1.807, 2.05) is 0 Å². The molecule has 2 rings (SSSR count). The first-order chi connectivity index (χ1) is 12.1. The normalized spacial score (nSPS) is 12.8. The molecule has 0 aliphatic heterocycles. The van der Waals surface area contributed by atoms with Crippen molar-refractivity contribution in [3.05, 3.63) is 54.2 Å². The molecule has 0 heterocycles. The molecule has 0 aliphatic carbocycles. The van der Waals surface area contributed by atoms with E-state index in [4.69, 9.17) is 16.2 Å². The highest BCUT2D eigenvalue weighted by molar-refractivity contribution is 5.95. The fourth-order valence-corrected chi connectivity index (χ4v) is 2.12. The van der Waals surface area contributed by atoms with Crippen molar-refractivity contribution in [3.63, 3.8) is 0 Å². The van der Waals surface area contributed by atoms with Crippen LogP contribution in [0.3, 0.4) is 0 Å². The number of benzene rings is 2. The van der Waals surface area contributed by atoms with Crippen LogP contribution in [0, 0.1) is 0 Å². The highest BCUT2D eigenvalue weighted by Gasteiger charge is 2.31. The average molecular weight is 365 g/mol. The number of rotatable bonds is 5. The maximum Gasteiger partial charge on any atom is 0.573 e. The molecule has 0 fully saturated rings. The van der Waals surface area contributed by atoms with Gasteiger partial charge in [0, 0.05) is 29.2 Å². The molecular formula is C18H18F3N3O2. The van der Waals surface area contributed by atoms with Crippen LogP contribution in [-0.4, -0.2) is 12.1 Å². The van der Waals surface area contributed by atoms with Crippen molar-refractivity contribution in [2.45, 2.75) is 20.2 Å². The van der Waals surface area contributed by atoms with Gasteiger partial charge in [-0.1, -0.05) is 6.07 Å². The van der Waals surface area contributed by atoms with E-state index in [2.05, 4.69) is 9.73 Å². The maximum absolute atomic E-state index is 12.4. The molecule has 8 heteroatoms. The van der Waals surface area contributed by atoms with Gasteiger partial charge in [0.1, 0.15) is 17.2 Å². The van der Waals surface area contributed by atoms with Gasteiger partial charge in [0.15, 0.2) is 5.75 Å². The standard InChI is InChI=1S/C18H18F3N3O2/c1-11(22)8-12(2)24-16-7-6-13(23)9-17(16)25-14-4-3-5-15(10-14)26-18(19,20)21/h3-10H,22-23H2,1-2H3/b11-8-,24-12?. The van der Waals surface area contributed by atoms with Crippen molar-refractivity contribution in [1.29, 1.82) is 0 Å². The Bertz CT molecular complexity index is 842. The maximum atomic E-state index is 12.4. The lowest BCUT2D eigenvalue weighted by atomic mass is 10.2. The fraction of sp³-hybridized carbons (Fsp3) is 0.167. The minimum Gasteiger partial charge on any atom is -0.455 e. The first-order valence-electron chi connectivity index (χ1n) is 7.54. The zero-order chi connectivity index (χ0) is 19.3. The molecule has 0 bridgehead atoms. The fourth-order valence-electron chi connectivity index (χ4n) is 2.12. The van der Waals surface area contributed by atoms with Gasteiger partial charge in [0.05, 0.1) is 0 Å². The van der Waals surface area contributed by atoms with Crippen LogP contribution in [0.1, 0.15) is 13.8 Å². The van der Waals surface area contributed by atoms with E-state index in [0.29, 0.717) is 22.8 Å². The number of hydrogen-bond donors (Lipinski definition) is 2. The summed E-state index contributed by atoms with van der Waals surface area (Å²) < 4.78 is 46.6. The molecule has 0 aromatic heterocycles. The smallest absolute Gasteiger partial charge is 0.455 e. The number of allylic oxidation sites excluding steroid dienone is 2. The quantitative estimate of drug-likeness (QED) is 0.582. The molecule has 0 atom stereocenters. The molecule has 0 unspecified atom stereocenters. The lowest BCUT2D eigenvalue weighted by molar-refractivity contribution is -0.274. The Kier molecular flexibility index (Phi) is 5.76. The summed E-state index contributed by atoms with van der Waals surface area (Å²) >= 11 is 0. The molecule has 0 saturated heterocycles. The van der Waals surface area contributed by atoms with E-state index in [0.717, 1.165) is 6.07 Å². The van der Waals surface area contributed by atoms with Gasteiger partial charge in [-0.2, -0.15) is 0 Å². The van der Waals surface area contributed by atoms with E-state index in [1.165, 1.54) is 24.3 Å². The summed E-state index contributed by atoms with van der Waals surface area (Å²) in [5.41, 5.74) is 13.5. The third kappa shape index (κ3) is 6.04. The Balaban J connectivity index is 2.33. The summed E-state index contributed by atoms with van der Waals surface area (Å²) in [7, 11) is 0. The van der Waals surface area contributed by atoms with E-state index < -0.39 is 6.36 Å². The van der Waals surface area contributed by atoms with Gasteiger partial charge >= 0.3 is 6.36 Å². The predicted molar refractivity (Wildman–Crippen MR) is 94.8 cm³/mol. The van der Waals surface area contributed by atoms with Crippen molar-refractivity contribution in [3.8, 4) is 17.2 Å². The topological polar surface area (TPSA) is 82.9 Å². The molecule has 138 valence electrons. The van der Waals surface area contributed by atoms with Gasteiger partial charge in [0.2, 0.25) is 0 Å². The van der Waals surface area contributed by atoms with Gasteiger partial charge < -0.3 is 20.9 Å². The Labute approximate surface area is 148 Å². The Hall–Kier alpha value is -3.16. The lowest BCUT2D eigenvalue weighted by Gasteiger charge is -2.12. The molecule has 0 amide bonds. The number of halogens is 3. The van der Waals surface area contributed by atoms with Crippen LogP contribution < -0.4 is 20.9 Å². The number of ether oxygens (including phenoxy) is 2. The van der Waals surface area contributed by atoms with Gasteiger partial charge in [0.25, 0.3) is 0 Å². The van der Waals surface area contributed by atoms with Crippen LogP contribution in [0.15, 0.2) is 59.2 Å². The summed E-state index contributed by atoms with van der Waals surface area (Å²) in [6, 6.07) is 10.0. The number of hydrogen-bond acceptors (Lipinski definition) is 5. The summed E-state index contributed by atoms with van der Waals surface area (Å²) in [5.74, 6) is 0.0513. The van der Waals surface area contributed by atoms with Gasteiger partial charge in [-0.15, -0.1) is 13.2 Å². The minimum atomic E-state index is -4.78. The molecule has 0 spiro atoms. The molecule has 4 N–H and O–H groups in total. The first kappa shape index (κ1) is 19.2. The van der Waals surface area contributed by atoms with Crippen molar-refractivity contribution < 1.29 is 22.6 Å². The molecule has 0 aliphatic rings. The third-order valence-electron chi connectivity index (χ3n) is 2.98. The Morgan fingerprint density at radius 3 is 2.42 bits per heavy atom. The monoisotopic (exact) mass is 365 g/mol. The average Bonchev–Trinajstić information content (AvgIpc) is 2.48. The molecule has 2 aromatic carbocycles. The zero-order valence-electron chi connectivity index (χ0n) is 14.2. The van der Waals surface area contributed by atoms with Crippen molar-refractivity contribution >= 4 is 17.1 Å². The van der Waals surface area contributed by atoms with Gasteiger partial charge in [-0.25, -0.2) is 4.99 Å². The number of aliphatic imine (C=N–C) groups is 1. The summed E-state index contributed by atoms with van der Waals surface area (Å²) in [4.78, 5) is 4.39.